The Kier molecular flexibility index (Phi) is 5.88. The molecule has 0 saturated carbocycles. The van der Waals surface area contributed by atoms with Crippen molar-refractivity contribution < 1.29 is 19.5 Å². The predicted octanol–water partition coefficient (Wildman–Crippen LogP) is 4.37. The zero-order chi connectivity index (χ0) is 24.1. The number of halogens is 2. The van der Waals surface area contributed by atoms with Crippen molar-refractivity contribution in [3.63, 3.8) is 0 Å². The molecule has 1 unspecified atom stereocenters. The number of nitrogens with zero attached hydrogens (tertiary/aromatic N) is 2. The molecule has 1 atom stereocenters. The van der Waals surface area contributed by atoms with Crippen LogP contribution in [-0.2, 0) is 17.4 Å². The van der Waals surface area contributed by atoms with E-state index in [2.05, 4.69) is 5.32 Å². The number of hydrogen-bond donors (Lipinski definition) is 2. The summed E-state index contributed by atoms with van der Waals surface area (Å²) in [6.45, 7) is 3.98. The number of fused-ring (bicyclic) bond motifs is 1. The number of carboxylic acids is 1. The fourth-order valence-corrected chi connectivity index (χ4v) is 4.92. The highest BCUT2D eigenvalue weighted by atomic mass is 35.5. The third kappa shape index (κ3) is 3.96. The van der Waals surface area contributed by atoms with Gasteiger partial charge in [0.15, 0.2) is 0 Å². The predicted molar refractivity (Wildman–Crippen MR) is 127 cm³/mol. The first kappa shape index (κ1) is 23.1. The van der Waals surface area contributed by atoms with Crippen LogP contribution in [0.5, 0.6) is 0 Å². The van der Waals surface area contributed by atoms with Crippen molar-refractivity contribution in [2.75, 3.05) is 13.1 Å². The molecular formula is C24H23Cl2N3O4. The fourth-order valence-electron chi connectivity index (χ4n) is 4.54. The summed E-state index contributed by atoms with van der Waals surface area (Å²) < 4.78 is 1.75. The number of aryl methyl sites for hydroxylation is 2. The van der Waals surface area contributed by atoms with Gasteiger partial charge in [0.1, 0.15) is 5.69 Å². The van der Waals surface area contributed by atoms with Gasteiger partial charge in [-0.15, -0.1) is 0 Å². The number of hydrogen-bond acceptors (Lipinski definition) is 3. The largest absolute Gasteiger partial charge is 0.478 e. The van der Waals surface area contributed by atoms with E-state index in [9.17, 15) is 19.5 Å². The van der Waals surface area contributed by atoms with Gasteiger partial charge in [-0.2, -0.15) is 0 Å². The number of rotatable bonds is 4. The van der Waals surface area contributed by atoms with Crippen molar-refractivity contribution in [2.24, 2.45) is 7.05 Å². The zero-order valence-corrected chi connectivity index (χ0v) is 19.9. The van der Waals surface area contributed by atoms with Crippen LogP contribution >= 0.6 is 23.2 Å². The lowest BCUT2D eigenvalue weighted by Gasteiger charge is -2.32. The van der Waals surface area contributed by atoms with Gasteiger partial charge in [0.05, 0.1) is 21.1 Å². The van der Waals surface area contributed by atoms with Crippen molar-refractivity contribution in [2.45, 2.75) is 25.8 Å². The number of benzene rings is 2. The van der Waals surface area contributed by atoms with E-state index >= 15 is 0 Å². The van der Waals surface area contributed by atoms with Gasteiger partial charge in [0.25, 0.3) is 5.91 Å². The standard InChI is InChI=1S/C24H23Cl2N3O4/c1-13-10-15(4-5-16(13)23(32)33)24(8-9-29(12-24)14(2)30)27-22(31)20-11-17-19(28(20)3)7-6-18(25)21(17)26/h4-7,10-11H,8-9,12H2,1-3H3,(H,27,31)(H,32,33). The van der Waals surface area contributed by atoms with Gasteiger partial charge < -0.3 is 19.9 Å². The van der Waals surface area contributed by atoms with E-state index in [1.807, 2.05) is 0 Å². The number of aromatic nitrogens is 1. The Morgan fingerprint density at radius 3 is 2.45 bits per heavy atom. The van der Waals surface area contributed by atoms with Crippen LogP contribution in [0.2, 0.25) is 10.0 Å². The molecule has 1 aliphatic rings. The molecule has 0 bridgehead atoms. The second-order valence-electron chi connectivity index (χ2n) is 8.44. The second kappa shape index (κ2) is 8.39. The maximum Gasteiger partial charge on any atom is 0.335 e. The molecule has 0 spiro atoms. The van der Waals surface area contributed by atoms with E-state index < -0.39 is 11.5 Å². The number of amides is 2. The Morgan fingerprint density at radius 2 is 1.85 bits per heavy atom. The lowest BCUT2D eigenvalue weighted by molar-refractivity contribution is -0.128. The van der Waals surface area contributed by atoms with Gasteiger partial charge in [-0.3, -0.25) is 9.59 Å². The molecule has 1 aliphatic heterocycles. The van der Waals surface area contributed by atoms with Gasteiger partial charge in [-0.1, -0.05) is 35.3 Å². The van der Waals surface area contributed by atoms with Crippen molar-refractivity contribution in [1.29, 1.82) is 0 Å². The van der Waals surface area contributed by atoms with Gasteiger partial charge in [-0.25, -0.2) is 4.79 Å². The Bertz CT molecular complexity index is 1320. The molecule has 9 heteroatoms. The average molecular weight is 488 g/mol. The van der Waals surface area contributed by atoms with Gasteiger partial charge in [0, 0.05) is 38.0 Å². The summed E-state index contributed by atoms with van der Waals surface area (Å²) in [6, 6.07) is 10.2. The highest BCUT2D eigenvalue weighted by molar-refractivity contribution is 6.45. The van der Waals surface area contributed by atoms with Gasteiger partial charge >= 0.3 is 5.97 Å². The first-order chi connectivity index (χ1) is 15.5. The van der Waals surface area contributed by atoms with Crippen molar-refractivity contribution in [3.05, 3.63) is 68.8 Å². The van der Waals surface area contributed by atoms with E-state index in [1.165, 1.54) is 13.0 Å². The van der Waals surface area contributed by atoms with Crippen LogP contribution in [0.4, 0.5) is 0 Å². The van der Waals surface area contributed by atoms with Crippen LogP contribution in [0, 0.1) is 6.92 Å². The molecule has 4 rings (SSSR count). The molecule has 1 aromatic heterocycles. The van der Waals surface area contributed by atoms with Gasteiger partial charge in [0.2, 0.25) is 5.91 Å². The molecule has 2 N–H and O–H groups in total. The third-order valence-electron chi connectivity index (χ3n) is 6.42. The smallest absolute Gasteiger partial charge is 0.335 e. The summed E-state index contributed by atoms with van der Waals surface area (Å²) in [5.41, 5.74) is 1.84. The Balaban J connectivity index is 1.76. The lowest BCUT2D eigenvalue weighted by atomic mass is 9.86. The van der Waals surface area contributed by atoms with Crippen LogP contribution in [-0.4, -0.2) is 45.4 Å². The number of likely N-dealkylation sites (tertiary alicyclic amines) is 1. The Labute approximate surface area is 200 Å². The van der Waals surface area contributed by atoms with Crippen LogP contribution < -0.4 is 5.32 Å². The van der Waals surface area contributed by atoms with Crippen LogP contribution in [0.25, 0.3) is 10.9 Å². The molecule has 0 radical (unpaired) electrons. The van der Waals surface area contributed by atoms with E-state index in [1.54, 1.807) is 53.8 Å². The van der Waals surface area contributed by atoms with Crippen LogP contribution in [0.15, 0.2) is 36.4 Å². The fraction of sp³-hybridized carbons (Fsp3) is 0.292. The summed E-state index contributed by atoms with van der Waals surface area (Å²) in [5, 5.41) is 14.0. The van der Waals surface area contributed by atoms with E-state index in [0.717, 1.165) is 11.1 Å². The number of carbonyl (C=O) groups excluding carboxylic acids is 2. The van der Waals surface area contributed by atoms with Crippen LogP contribution in [0.1, 0.15) is 45.3 Å². The Morgan fingerprint density at radius 1 is 1.12 bits per heavy atom. The Hall–Kier alpha value is -3.03. The first-order valence-electron chi connectivity index (χ1n) is 10.4. The number of nitrogens with one attached hydrogen (secondary N) is 1. The summed E-state index contributed by atoms with van der Waals surface area (Å²) in [4.78, 5) is 38.7. The molecule has 2 heterocycles. The number of carboxylic acid groups (broad SMARTS) is 1. The number of aromatic carboxylic acids is 1. The SMILES string of the molecule is CC(=O)N1CCC(NC(=O)c2cc3c(Cl)c(Cl)ccc3n2C)(c2ccc(C(=O)O)c(C)c2)C1. The highest BCUT2D eigenvalue weighted by Crippen LogP contribution is 2.36. The lowest BCUT2D eigenvalue weighted by Crippen LogP contribution is -2.48. The van der Waals surface area contributed by atoms with E-state index in [4.69, 9.17) is 23.2 Å². The molecule has 0 aliphatic carbocycles. The minimum Gasteiger partial charge on any atom is -0.478 e. The molecule has 2 aromatic carbocycles. The summed E-state index contributed by atoms with van der Waals surface area (Å²) >= 11 is 12.5. The maximum atomic E-state index is 13.5. The van der Waals surface area contributed by atoms with Crippen molar-refractivity contribution in [1.82, 2.24) is 14.8 Å². The summed E-state index contributed by atoms with van der Waals surface area (Å²) in [5.74, 6) is -1.43. The van der Waals surface area contributed by atoms with Crippen molar-refractivity contribution in [3.8, 4) is 0 Å². The van der Waals surface area contributed by atoms with Crippen LogP contribution in [0.3, 0.4) is 0 Å². The minimum absolute atomic E-state index is 0.0870. The molecule has 3 aromatic rings. The summed E-state index contributed by atoms with van der Waals surface area (Å²) in [6.07, 6.45) is 0.501. The second-order valence-corrected chi connectivity index (χ2v) is 9.23. The molecule has 7 nitrogen and oxygen atoms in total. The van der Waals surface area contributed by atoms with Crippen molar-refractivity contribution >= 4 is 51.9 Å². The average Bonchev–Trinajstić information content (AvgIpc) is 3.33. The molecule has 2 amide bonds. The highest BCUT2D eigenvalue weighted by Gasteiger charge is 2.42. The summed E-state index contributed by atoms with van der Waals surface area (Å²) in [7, 11) is 1.77. The molecule has 172 valence electrons. The van der Waals surface area contributed by atoms with E-state index in [0.29, 0.717) is 39.7 Å². The first-order valence-corrected chi connectivity index (χ1v) is 11.2. The third-order valence-corrected chi connectivity index (χ3v) is 7.24. The molecular weight excluding hydrogens is 465 g/mol. The quantitative estimate of drug-likeness (QED) is 0.571. The molecule has 1 fully saturated rings. The number of carbonyl (C=O) groups is 3. The topological polar surface area (TPSA) is 91.6 Å². The van der Waals surface area contributed by atoms with E-state index in [-0.39, 0.29) is 23.9 Å². The maximum absolute atomic E-state index is 13.5. The monoisotopic (exact) mass is 487 g/mol. The minimum atomic E-state index is -1.01. The molecule has 1 saturated heterocycles. The molecule has 33 heavy (non-hydrogen) atoms. The normalized spacial score (nSPS) is 18.0. The zero-order valence-electron chi connectivity index (χ0n) is 18.4. The van der Waals surface area contributed by atoms with Gasteiger partial charge in [-0.05, 0) is 48.7 Å².